The van der Waals surface area contributed by atoms with Crippen LogP contribution in [0.3, 0.4) is 0 Å². The van der Waals surface area contributed by atoms with E-state index in [1.54, 1.807) is 0 Å². The highest BCUT2D eigenvalue weighted by molar-refractivity contribution is 5.79. The van der Waals surface area contributed by atoms with Crippen LogP contribution in [0, 0.1) is 0 Å². The summed E-state index contributed by atoms with van der Waals surface area (Å²) >= 11 is 0. The molecular weight excluding hydrogens is 264 g/mol. The zero-order valence-corrected chi connectivity index (χ0v) is 12.0. The van der Waals surface area contributed by atoms with Gasteiger partial charge in [-0.25, -0.2) is 0 Å². The predicted octanol–water partition coefficient (Wildman–Crippen LogP) is 2.97. The van der Waals surface area contributed by atoms with E-state index in [2.05, 4.69) is 0 Å². The minimum absolute atomic E-state index is 0.159. The first-order valence-corrected chi connectivity index (χ1v) is 7.14. The summed E-state index contributed by atoms with van der Waals surface area (Å²) in [5, 5.41) is 10.5. The summed E-state index contributed by atoms with van der Waals surface area (Å²) in [7, 11) is 1.42. The second-order valence-corrected chi connectivity index (χ2v) is 5.39. The summed E-state index contributed by atoms with van der Waals surface area (Å²) in [6.45, 7) is 0. The Kier molecular flexibility index (Phi) is 3.76. The van der Waals surface area contributed by atoms with Gasteiger partial charge >= 0.3 is 5.97 Å². The van der Waals surface area contributed by atoms with Crippen LogP contribution in [0.2, 0.25) is 0 Å². The molecule has 3 nitrogen and oxygen atoms in total. The average molecular weight is 282 g/mol. The molecule has 0 saturated heterocycles. The monoisotopic (exact) mass is 282 g/mol. The van der Waals surface area contributed by atoms with E-state index >= 15 is 0 Å². The fraction of sp³-hybridized carbons (Fsp3) is 0.278. The van der Waals surface area contributed by atoms with Gasteiger partial charge < -0.3 is 9.84 Å². The first-order valence-electron chi connectivity index (χ1n) is 7.14. The smallest absolute Gasteiger partial charge is 0.313 e. The molecule has 0 bridgehead atoms. The van der Waals surface area contributed by atoms with Crippen molar-refractivity contribution in [1.29, 1.82) is 0 Å². The van der Waals surface area contributed by atoms with Gasteiger partial charge in [0.05, 0.1) is 13.0 Å². The van der Waals surface area contributed by atoms with Gasteiger partial charge in [-0.05, 0) is 35.1 Å². The number of aryl methyl sites for hydroxylation is 1. The van der Waals surface area contributed by atoms with Crippen molar-refractivity contribution in [2.75, 3.05) is 7.11 Å². The van der Waals surface area contributed by atoms with Crippen molar-refractivity contribution >= 4 is 5.97 Å². The van der Waals surface area contributed by atoms with Crippen molar-refractivity contribution in [2.45, 2.75) is 24.9 Å². The molecule has 0 heterocycles. The summed E-state index contributed by atoms with van der Waals surface area (Å²) in [4.78, 5) is 11.7. The van der Waals surface area contributed by atoms with Crippen molar-refractivity contribution in [1.82, 2.24) is 0 Å². The van der Waals surface area contributed by atoms with Crippen molar-refractivity contribution in [3.05, 3.63) is 70.8 Å². The maximum absolute atomic E-state index is 11.7. The van der Waals surface area contributed by atoms with Crippen molar-refractivity contribution in [3.63, 3.8) is 0 Å². The van der Waals surface area contributed by atoms with Gasteiger partial charge in [-0.3, -0.25) is 4.79 Å². The fourth-order valence-corrected chi connectivity index (χ4v) is 3.02. The molecule has 0 aliphatic heterocycles. The molecule has 1 aliphatic rings. The minimum atomic E-state index is -0.631. The van der Waals surface area contributed by atoms with Gasteiger partial charge in [0, 0.05) is 0 Å². The molecule has 21 heavy (non-hydrogen) atoms. The number of methoxy groups -OCH3 is 1. The van der Waals surface area contributed by atoms with Gasteiger partial charge in [-0.15, -0.1) is 0 Å². The number of hydrogen-bond acceptors (Lipinski definition) is 3. The molecule has 1 aliphatic carbocycles. The number of benzene rings is 2. The van der Waals surface area contributed by atoms with E-state index in [1.165, 1.54) is 7.11 Å². The van der Waals surface area contributed by atoms with Gasteiger partial charge in [-0.1, -0.05) is 48.5 Å². The number of hydrogen-bond donors (Lipinski definition) is 1. The first kappa shape index (κ1) is 13.8. The highest BCUT2D eigenvalue weighted by Crippen LogP contribution is 2.36. The SMILES string of the molecule is COC(=O)C1CCc2cc(C(O)c3ccccc3)ccc21. The Morgan fingerprint density at radius 3 is 2.67 bits per heavy atom. The summed E-state index contributed by atoms with van der Waals surface area (Å²) in [6.07, 6.45) is 1.01. The van der Waals surface area contributed by atoms with E-state index in [4.69, 9.17) is 4.74 Å². The topological polar surface area (TPSA) is 46.5 Å². The second kappa shape index (κ2) is 5.70. The minimum Gasteiger partial charge on any atom is -0.469 e. The number of fused-ring (bicyclic) bond motifs is 1. The number of rotatable bonds is 3. The van der Waals surface area contributed by atoms with Crippen LogP contribution >= 0.6 is 0 Å². The van der Waals surface area contributed by atoms with Crippen LogP contribution in [0.25, 0.3) is 0 Å². The molecule has 2 aromatic rings. The van der Waals surface area contributed by atoms with Crippen molar-refractivity contribution in [2.24, 2.45) is 0 Å². The normalized spacial score (nSPS) is 18.1. The van der Waals surface area contributed by atoms with Crippen LogP contribution in [-0.4, -0.2) is 18.2 Å². The highest BCUT2D eigenvalue weighted by atomic mass is 16.5. The molecular formula is C18H18O3. The third kappa shape index (κ3) is 2.57. The Morgan fingerprint density at radius 2 is 1.95 bits per heavy atom. The summed E-state index contributed by atoms with van der Waals surface area (Å²) in [5.74, 6) is -0.335. The van der Waals surface area contributed by atoms with Gasteiger partial charge in [0.1, 0.15) is 6.10 Å². The quantitative estimate of drug-likeness (QED) is 0.880. The molecule has 0 aromatic heterocycles. The van der Waals surface area contributed by atoms with E-state index in [-0.39, 0.29) is 11.9 Å². The largest absolute Gasteiger partial charge is 0.469 e. The van der Waals surface area contributed by atoms with Crippen LogP contribution in [0.15, 0.2) is 48.5 Å². The second-order valence-electron chi connectivity index (χ2n) is 5.39. The van der Waals surface area contributed by atoms with E-state index in [9.17, 15) is 9.90 Å². The Hall–Kier alpha value is -2.13. The van der Waals surface area contributed by atoms with Gasteiger partial charge in [-0.2, -0.15) is 0 Å². The average Bonchev–Trinajstić information content (AvgIpc) is 2.97. The lowest BCUT2D eigenvalue weighted by Crippen LogP contribution is -2.11. The van der Waals surface area contributed by atoms with Crippen LogP contribution in [0.4, 0.5) is 0 Å². The fourth-order valence-electron chi connectivity index (χ4n) is 3.02. The molecule has 0 spiro atoms. The summed E-state index contributed by atoms with van der Waals surface area (Å²) < 4.78 is 4.85. The molecule has 0 fully saturated rings. The molecule has 3 rings (SSSR count). The van der Waals surface area contributed by atoms with Gasteiger partial charge in [0.25, 0.3) is 0 Å². The molecule has 0 radical (unpaired) electrons. The lowest BCUT2D eigenvalue weighted by atomic mass is 9.96. The number of esters is 1. The van der Waals surface area contributed by atoms with Crippen molar-refractivity contribution in [3.8, 4) is 0 Å². The van der Waals surface area contributed by atoms with Crippen LogP contribution in [0.5, 0.6) is 0 Å². The first-order chi connectivity index (χ1) is 10.2. The highest BCUT2D eigenvalue weighted by Gasteiger charge is 2.29. The predicted molar refractivity (Wildman–Crippen MR) is 80.0 cm³/mol. The summed E-state index contributed by atoms with van der Waals surface area (Å²) in [5.41, 5.74) is 3.91. The van der Waals surface area contributed by atoms with E-state index in [1.807, 2.05) is 48.5 Å². The maximum Gasteiger partial charge on any atom is 0.313 e. The van der Waals surface area contributed by atoms with Crippen LogP contribution in [-0.2, 0) is 16.0 Å². The molecule has 108 valence electrons. The van der Waals surface area contributed by atoms with E-state index in [0.29, 0.717) is 0 Å². The molecule has 2 unspecified atom stereocenters. The maximum atomic E-state index is 11.7. The Balaban J connectivity index is 1.90. The summed E-state index contributed by atoms with van der Waals surface area (Å²) in [6, 6.07) is 15.4. The third-order valence-corrected chi connectivity index (χ3v) is 4.16. The van der Waals surface area contributed by atoms with E-state index in [0.717, 1.165) is 35.1 Å². The number of ether oxygens (including phenoxy) is 1. The van der Waals surface area contributed by atoms with E-state index < -0.39 is 6.10 Å². The van der Waals surface area contributed by atoms with Crippen LogP contribution in [0.1, 0.15) is 40.7 Å². The molecule has 3 heteroatoms. The Labute approximate surface area is 124 Å². The zero-order valence-electron chi connectivity index (χ0n) is 12.0. The number of carbonyl (C=O) groups is 1. The van der Waals surface area contributed by atoms with Gasteiger partial charge in [0.2, 0.25) is 0 Å². The molecule has 1 N–H and O–H groups in total. The lowest BCUT2D eigenvalue weighted by molar-refractivity contribution is -0.142. The van der Waals surface area contributed by atoms with Crippen molar-refractivity contribution < 1.29 is 14.6 Å². The van der Waals surface area contributed by atoms with Crippen LogP contribution < -0.4 is 0 Å². The molecule has 0 saturated carbocycles. The number of aliphatic hydroxyl groups is 1. The lowest BCUT2D eigenvalue weighted by Gasteiger charge is -2.14. The zero-order chi connectivity index (χ0) is 14.8. The van der Waals surface area contributed by atoms with Gasteiger partial charge in [0.15, 0.2) is 0 Å². The molecule has 2 atom stereocenters. The standard InChI is InChI=1S/C18H18O3/c1-21-18(20)16-10-7-13-11-14(8-9-15(13)16)17(19)12-5-3-2-4-6-12/h2-6,8-9,11,16-17,19H,7,10H2,1H3. The Morgan fingerprint density at radius 1 is 1.19 bits per heavy atom. The molecule has 2 aromatic carbocycles. The number of carbonyl (C=O) groups excluding carboxylic acids is 1. The third-order valence-electron chi connectivity index (χ3n) is 4.16. The Bertz CT molecular complexity index is 649. The molecule has 0 amide bonds. The number of aliphatic hydroxyl groups excluding tert-OH is 1.